The van der Waals surface area contributed by atoms with Gasteiger partial charge in [-0.2, -0.15) is 0 Å². The SMILES string of the molecule is COc1ccc(/C=C/C(=O)NCCCc2ccccc2Cl)c(OC)c1OC. The minimum atomic E-state index is -0.175. The van der Waals surface area contributed by atoms with Crippen molar-refractivity contribution < 1.29 is 19.0 Å². The van der Waals surface area contributed by atoms with Gasteiger partial charge in [0.1, 0.15) is 0 Å². The molecule has 0 aliphatic heterocycles. The van der Waals surface area contributed by atoms with Crippen LogP contribution in [0, 0.1) is 0 Å². The van der Waals surface area contributed by atoms with Gasteiger partial charge in [0.25, 0.3) is 0 Å². The third-order valence-electron chi connectivity index (χ3n) is 4.03. The molecule has 0 unspecified atom stereocenters. The zero-order chi connectivity index (χ0) is 19.6. The minimum Gasteiger partial charge on any atom is -0.493 e. The van der Waals surface area contributed by atoms with Gasteiger partial charge >= 0.3 is 0 Å². The number of carbonyl (C=O) groups is 1. The van der Waals surface area contributed by atoms with Gasteiger partial charge in [-0.15, -0.1) is 0 Å². The first kappa shape index (κ1) is 20.6. The summed E-state index contributed by atoms with van der Waals surface area (Å²) >= 11 is 6.13. The number of hydrogen-bond donors (Lipinski definition) is 1. The Morgan fingerprint density at radius 2 is 1.78 bits per heavy atom. The molecule has 0 aliphatic carbocycles. The molecular weight excluding hydrogens is 366 g/mol. The zero-order valence-corrected chi connectivity index (χ0v) is 16.5. The number of ether oxygens (including phenoxy) is 3. The van der Waals surface area contributed by atoms with E-state index in [2.05, 4.69) is 5.32 Å². The van der Waals surface area contributed by atoms with E-state index < -0.39 is 0 Å². The molecule has 0 saturated carbocycles. The van der Waals surface area contributed by atoms with Crippen LogP contribution in [0.15, 0.2) is 42.5 Å². The highest BCUT2D eigenvalue weighted by Gasteiger charge is 2.14. The van der Waals surface area contributed by atoms with Crippen LogP contribution in [0.4, 0.5) is 0 Å². The number of nitrogens with one attached hydrogen (secondary N) is 1. The lowest BCUT2D eigenvalue weighted by Gasteiger charge is -2.13. The smallest absolute Gasteiger partial charge is 0.244 e. The van der Waals surface area contributed by atoms with Crippen molar-refractivity contribution in [2.75, 3.05) is 27.9 Å². The zero-order valence-electron chi connectivity index (χ0n) is 15.8. The second-order valence-electron chi connectivity index (χ2n) is 5.74. The summed E-state index contributed by atoms with van der Waals surface area (Å²) in [6, 6.07) is 11.3. The predicted molar refractivity (Wildman–Crippen MR) is 108 cm³/mol. The summed E-state index contributed by atoms with van der Waals surface area (Å²) in [5.41, 5.74) is 1.81. The van der Waals surface area contributed by atoms with E-state index in [9.17, 15) is 4.79 Å². The third kappa shape index (κ3) is 5.66. The highest BCUT2D eigenvalue weighted by atomic mass is 35.5. The maximum absolute atomic E-state index is 12.1. The quantitative estimate of drug-likeness (QED) is 0.517. The molecule has 1 N–H and O–H groups in total. The number of rotatable bonds is 9. The van der Waals surface area contributed by atoms with Gasteiger partial charge in [0.15, 0.2) is 11.5 Å². The van der Waals surface area contributed by atoms with E-state index >= 15 is 0 Å². The van der Waals surface area contributed by atoms with Crippen molar-refractivity contribution in [1.29, 1.82) is 0 Å². The van der Waals surface area contributed by atoms with Crippen LogP contribution in [0.1, 0.15) is 17.5 Å². The molecule has 2 aromatic rings. The number of halogens is 1. The monoisotopic (exact) mass is 389 g/mol. The molecule has 0 atom stereocenters. The molecule has 27 heavy (non-hydrogen) atoms. The number of hydrogen-bond acceptors (Lipinski definition) is 4. The summed E-state index contributed by atoms with van der Waals surface area (Å²) in [6.07, 6.45) is 4.78. The van der Waals surface area contributed by atoms with Crippen LogP contribution in [0.5, 0.6) is 17.2 Å². The van der Waals surface area contributed by atoms with E-state index in [0.717, 1.165) is 29.0 Å². The fraction of sp³-hybridized carbons (Fsp3) is 0.286. The fourth-order valence-electron chi connectivity index (χ4n) is 2.67. The number of methoxy groups -OCH3 is 3. The first-order valence-corrected chi connectivity index (χ1v) is 8.96. The summed E-state index contributed by atoms with van der Waals surface area (Å²) in [5, 5.41) is 3.62. The van der Waals surface area contributed by atoms with Crippen LogP contribution < -0.4 is 19.5 Å². The second-order valence-corrected chi connectivity index (χ2v) is 6.15. The Morgan fingerprint density at radius 1 is 1.04 bits per heavy atom. The maximum atomic E-state index is 12.1. The molecule has 2 rings (SSSR count). The molecule has 0 fully saturated rings. The molecule has 5 nitrogen and oxygen atoms in total. The Labute approximate surface area is 164 Å². The number of benzene rings is 2. The van der Waals surface area contributed by atoms with Gasteiger partial charge in [-0.05, 0) is 42.7 Å². The fourth-order valence-corrected chi connectivity index (χ4v) is 2.90. The van der Waals surface area contributed by atoms with Gasteiger partial charge in [0.05, 0.1) is 21.3 Å². The highest BCUT2D eigenvalue weighted by molar-refractivity contribution is 6.31. The van der Waals surface area contributed by atoms with E-state index in [0.29, 0.717) is 23.8 Å². The highest BCUT2D eigenvalue weighted by Crippen LogP contribution is 2.40. The van der Waals surface area contributed by atoms with E-state index in [1.165, 1.54) is 6.08 Å². The molecule has 0 spiro atoms. The summed E-state index contributed by atoms with van der Waals surface area (Å²) in [4.78, 5) is 12.1. The van der Waals surface area contributed by atoms with E-state index in [-0.39, 0.29) is 5.91 Å². The Kier molecular flexibility index (Phi) is 8.01. The van der Waals surface area contributed by atoms with Crippen molar-refractivity contribution in [1.82, 2.24) is 5.32 Å². The molecule has 6 heteroatoms. The van der Waals surface area contributed by atoms with Gasteiger partial charge in [0.2, 0.25) is 11.7 Å². The lowest BCUT2D eigenvalue weighted by Crippen LogP contribution is -2.22. The average molecular weight is 390 g/mol. The minimum absolute atomic E-state index is 0.175. The third-order valence-corrected chi connectivity index (χ3v) is 4.40. The summed E-state index contributed by atoms with van der Waals surface area (Å²) in [6.45, 7) is 0.567. The molecule has 2 aromatic carbocycles. The van der Waals surface area contributed by atoms with Crippen molar-refractivity contribution in [3.05, 3.63) is 58.6 Å². The van der Waals surface area contributed by atoms with Gasteiger partial charge in [-0.25, -0.2) is 0 Å². The van der Waals surface area contributed by atoms with Gasteiger partial charge in [-0.3, -0.25) is 4.79 Å². The van der Waals surface area contributed by atoms with E-state index in [1.54, 1.807) is 39.5 Å². The van der Waals surface area contributed by atoms with Crippen LogP contribution in [0.25, 0.3) is 6.08 Å². The second kappa shape index (κ2) is 10.5. The molecule has 0 aliphatic rings. The molecule has 0 heterocycles. The van der Waals surface area contributed by atoms with Crippen molar-refractivity contribution in [3.63, 3.8) is 0 Å². The molecule has 1 amide bonds. The number of carbonyl (C=O) groups excluding carboxylic acids is 1. The first-order chi connectivity index (χ1) is 13.1. The van der Waals surface area contributed by atoms with Crippen LogP contribution in [0.2, 0.25) is 5.02 Å². The molecule has 0 bridgehead atoms. The van der Waals surface area contributed by atoms with Gasteiger partial charge in [-0.1, -0.05) is 29.8 Å². The Hall–Kier alpha value is -2.66. The van der Waals surface area contributed by atoms with E-state index in [1.807, 2.05) is 24.3 Å². The molecule has 0 aromatic heterocycles. The van der Waals surface area contributed by atoms with Crippen molar-refractivity contribution in [3.8, 4) is 17.2 Å². The summed E-state index contributed by atoms with van der Waals surface area (Å²) in [5.74, 6) is 1.39. The normalized spacial score (nSPS) is 10.7. The molecule has 0 saturated heterocycles. The standard InChI is InChI=1S/C21H24ClNO4/c1-25-18-12-10-16(20(26-2)21(18)27-3)11-13-19(24)23-14-6-8-15-7-4-5-9-17(15)22/h4-5,7,9-13H,6,8,14H2,1-3H3,(H,23,24)/b13-11+. The van der Waals surface area contributed by atoms with Crippen LogP contribution in [0.3, 0.4) is 0 Å². The summed E-state index contributed by atoms with van der Waals surface area (Å²) in [7, 11) is 4.64. The maximum Gasteiger partial charge on any atom is 0.244 e. The lowest BCUT2D eigenvalue weighted by atomic mass is 10.1. The Bertz CT molecular complexity index is 805. The lowest BCUT2D eigenvalue weighted by molar-refractivity contribution is -0.116. The van der Waals surface area contributed by atoms with Crippen LogP contribution in [-0.2, 0) is 11.2 Å². The van der Waals surface area contributed by atoms with Gasteiger partial charge < -0.3 is 19.5 Å². The molecule has 0 radical (unpaired) electrons. The largest absolute Gasteiger partial charge is 0.493 e. The van der Waals surface area contributed by atoms with Crippen LogP contribution in [-0.4, -0.2) is 33.8 Å². The van der Waals surface area contributed by atoms with E-state index in [4.69, 9.17) is 25.8 Å². The predicted octanol–water partition coefficient (Wildman–Crippen LogP) is 4.13. The Morgan fingerprint density at radius 3 is 2.44 bits per heavy atom. The topological polar surface area (TPSA) is 56.8 Å². The van der Waals surface area contributed by atoms with Crippen molar-refractivity contribution in [2.45, 2.75) is 12.8 Å². The molecular formula is C21H24ClNO4. The first-order valence-electron chi connectivity index (χ1n) is 8.59. The average Bonchev–Trinajstić information content (AvgIpc) is 2.69. The van der Waals surface area contributed by atoms with Crippen molar-refractivity contribution >= 4 is 23.6 Å². The van der Waals surface area contributed by atoms with Crippen LogP contribution >= 0.6 is 11.6 Å². The van der Waals surface area contributed by atoms with Gasteiger partial charge in [0, 0.05) is 23.2 Å². The Balaban J connectivity index is 1.92. The molecule has 144 valence electrons. The summed E-state index contributed by atoms with van der Waals surface area (Å²) < 4.78 is 16.0. The number of amides is 1. The van der Waals surface area contributed by atoms with Crippen molar-refractivity contribution in [2.24, 2.45) is 0 Å². The number of aryl methyl sites for hydroxylation is 1.